The molecule has 0 radical (unpaired) electrons. The highest BCUT2D eigenvalue weighted by Gasteiger charge is 2.29. The number of nitrogens with zero attached hydrogens (tertiary/aromatic N) is 3. The zero-order valence-electron chi connectivity index (χ0n) is 18.6. The normalized spacial score (nSPS) is 14.3. The Morgan fingerprint density at radius 1 is 1.06 bits per heavy atom. The predicted octanol–water partition coefficient (Wildman–Crippen LogP) is 4.77. The van der Waals surface area contributed by atoms with Crippen LogP contribution in [0.3, 0.4) is 0 Å². The average Bonchev–Trinajstić information content (AvgIpc) is 3.22. The number of amides is 1. The summed E-state index contributed by atoms with van der Waals surface area (Å²) in [5, 5.41) is 4.60. The Balaban J connectivity index is 1.65. The van der Waals surface area contributed by atoms with Gasteiger partial charge in [0.05, 0.1) is 18.8 Å². The van der Waals surface area contributed by atoms with Crippen molar-refractivity contribution in [2.75, 3.05) is 13.7 Å². The van der Waals surface area contributed by atoms with E-state index < -0.39 is 0 Å². The molecule has 0 aliphatic carbocycles. The molecule has 2 heterocycles. The number of carbonyl (C=O) groups excluding carboxylic acids is 1. The lowest BCUT2D eigenvalue weighted by Crippen LogP contribution is -2.38. The fraction of sp³-hybridized carbons (Fsp3) is 0.308. The standard InChI is InChI=1S/C26H29N3O2/c1-26(2,3)29-24-14-15-28(18-21(24)17-27-29)25(30)23(20-8-6-5-7-9-20)16-19-10-12-22(31-4)13-11-19/h5-13,16-17H,14-15,18H2,1-4H3/b23-16+. The van der Waals surface area contributed by atoms with Gasteiger partial charge >= 0.3 is 0 Å². The summed E-state index contributed by atoms with van der Waals surface area (Å²) >= 11 is 0. The summed E-state index contributed by atoms with van der Waals surface area (Å²) in [5.74, 6) is 0.834. The first-order valence-electron chi connectivity index (χ1n) is 10.6. The Morgan fingerprint density at radius 3 is 2.42 bits per heavy atom. The van der Waals surface area contributed by atoms with Crippen LogP contribution in [0.15, 0.2) is 60.8 Å². The molecule has 160 valence electrons. The van der Waals surface area contributed by atoms with Gasteiger partial charge < -0.3 is 9.64 Å². The largest absolute Gasteiger partial charge is 0.497 e. The topological polar surface area (TPSA) is 47.4 Å². The van der Waals surface area contributed by atoms with Gasteiger partial charge in [-0.1, -0.05) is 42.5 Å². The molecular formula is C26H29N3O2. The van der Waals surface area contributed by atoms with E-state index in [1.54, 1.807) is 7.11 Å². The molecule has 1 amide bonds. The van der Waals surface area contributed by atoms with Gasteiger partial charge in [0, 0.05) is 36.3 Å². The minimum Gasteiger partial charge on any atom is -0.497 e. The quantitative estimate of drug-likeness (QED) is 0.455. The fourth-order valence-corrected chi connectivity index (χ4v) is 4.01. The maximum Gasteiger partial charge on any atom is 0.254 e. The minimum absolute atomic E-state index is 0.0381. The lowest BCUT2D eigenvalue weighted by atomic mass is 9.99. The van der Waals surface area contributed by atoms with Crippen molar-refractivity contribution in [3.63, 3.8) is 0 Å². The van der Waals surface area contributed by atoms with E-state index in [1.165, 1.54) is 5.69 Å². The Morgan fingerprint density at radius 2 is 1.77 bits per heavy atom. The molecule has 0 saturated carbocycles. The third kappa shape index (κ3) is 4.41. The number of aromatic nitrogens is 2. The molecule has 1 aromatic heterocycles. The maximum atomic E-state index is 13.6. The van der Waals surface area contributed by atoms with E-state index in [1.807, 2.05) is 71.8 Å². The van der Waals surface area contributed by atoms with Gasteiger partial charge in [-0.2, -0.15) is 5.10 Å². The molecule has 0 atom stereocenters. The monoisotopic (exact) mass is 415 g/mol. The van der Waals surface area contributed by atoms with Crippen molar-refractivity contribution in [3.8, 4) is 5.75 Å². The van der Waals surface area contributed by atoms with Crippen molar-refractivity contribution in [1.29, 1.82) is 0 Å². The van der Waals surface area contributed by atoms with Gasteiger partial charge in [-0.15, -0.1) is 0 Å². The van der Waals surface area contributed by atoms with E-state index in [9.17, 15) is 4.79 Å². The first-order valence-corrected chi connectivity index (χ1v) is 10.6. The number of fused-ring (bicyclic) bond motifs is 1. The van der Waals surface area contributed by atoms with Gasteiger partial charge in [0.25, 0.3) is 5.91 Å². The lowest BCUT2D eigenvalue weighted by molar-refractivity contribution is -0.125. The molecule has 0 saturated heterocycles. The van der Waals surface area contributed by atoms with Gasteiger partial charge in [0.2, 0.25) is 0 Å². The van der Waals surface area contributed by atoms with E-state index in [-0.39, 0.29) is 11.4 Å². The molecule has 0 N–H and O–H groups in total. The first-order chi connectivity index (χ1) is 14.9. The summed E-state index contributed by atoms with van der Waals surface area (Å²) in [4.78, 5) is 15.6. The van der Waals surface area contributed by atoms with E-state index in [0.29, 0.717) is 18.7 Å². The molecule has 1 aliphatic rings. The van der Waals surface area contributed by atoms with Gasteiger partial charge in [0.1, 0.15) is 5.75 Å². The van der Waals surface area contributed by atoms with Crippen LogP contribution in [0, 0.1) is 0 Å². The third-order valence-electron chi connectivity index (χ3n) is 5.60. The number of methoxy groups -OCH3 is 1. The Hall–Kier alpha value is -3.34. The molecule has 2 aromatic carbocycles. The van der Waals surface area contributed by atoms with Crippen LogP contribution in [0.2, 0.25) is 0 Å². The number of ether oxygens (including phenoxy) is 1. The highest BCUT2D eigenvalue weighted by molar-refractivity contribution is 6.24. The molecule has 3 aromatic rings. The summed E-state index contributed by atoms with van der Waals surface area (Å²) in [6.07, 6.45) is 4.68. The summed E-state index contributed by atoms with van der Waals surface area (Å²) < 4.78 is 7.35. The van der Waals surface area contributed by atoms with Crippen molar-refractivity contribution in [1.82, 2.24) is 14.7 Å². The summed E-state index contributed by atoms with van der Waals surface area (Å²) in [5.41, 5.74) is 4.87. The molecular weight excluding hydrogens is 386 g/mol. The second-order valence-corrected chi connectivity index (χ2v) is 8.87. The second kappa shape index (κ2) is 8.42. The van der Waals surface area contributed by atoms with Crippen molar-refractivity contribution >= 4 is 17.6 Å². The zero-order valence-corrected chi connectivity index (χ0v) is 18.6. The van der Waals surface area contributed by atoms with Gasteiger partial charge in [-0.25, -0.2) is 0 Å². The predicted molar refractivity (Wildman–Crippen MR) is 124 cm³/mol. The van der Waals surface area contributed by atoms with E-state index in [0.717, 1.165) is 28.9 Å². The first kappa shape index (κ1) is 20.9. The van der Waals surface area contributed by atoms with Crippen LogP contribution in [0.25, 0.3) is 11.6 Å². The van der Waals surface area contributed by atoms with Gasteiger partial charge in [-0.3, -0.25) is 9.48 Å². The van der Waals surface area contributed by atoms with Crippen LogP contribution in [0.5, 0.6) is 5.75 Å². The SMILES string of the molecule is COc1ccc(/C=C(/C(=O)N2CCc3c(cnn3C(C)(C)C)C2)c2ccccc2)cc1. The van der Waals surface area contributed by atoms with E-state index >= 15 is 0 Å². The molecule has 0 unspecified atom stereocenters. The van der Waals surface area contributed by atoms with Gasteiger partial charge in [-0.05, 0) is 50.1 Å². The average molecular weight is 416 g/mol. The number of hydrogen-bond donors (Lipinski definition) is 0. The molecule has 1 aliphatic heterocycles. The van der Waals surface area contributed by atoms with Crippen molar-refractivity contribution < 1.29 is 9.53 Å². The summed E-state index contributed by atoms with van der Waals surface area (Å²) in [7, 11) is 1.65. The summed E-state index contributed by atoms with van der Waals surface area (Å²) in [6, 6.07) is 17.6. The highest BCUT2D eigenvalue weighted by atomic mass is 16.5. The minimum atomic E-state index is -0.0662. The molecule has 0 bridgehead atoms. The van der Waals surface area contributed by atoms with Crippen LogP contribution in [-0.4, -0.2) is 34.2 Å². The fourth-order valence-electron chi connectivity index (χ4n) is 4.01. The lowest BCUT2D eigenvalue weighted by Gasteiger charge is -2.31. The Kier molecular flexibility index (Phi) is 5.68. The zero-order chi connectivity index (χ0) is 22.0. The van der Waals surface area contributed by atoms with Crippen LogP contribution in [0.1, 0.15) is 43.2 Å². The summed E-state index contributed by atoms with van der Waals surface area (Å²) in [6.45, 7) is 7.73. The van der Waals surface area contributed by atoms with Crippen molar-refractivity contribution in [3.05, 3.63) is 83.2 Å². The van der Waals surface area contributed by atoms with Crippen LogP contribution < -0.4 is 4.74 Å². The van der Waals surface area contributed by atoms with Crippen LogP contribution in [-0.2, 0) is 23.3 Å². The Bertz CT molecular complexity index is 1090. The molecule has 5 nitrogen and oxygen atoms in total. The molecule has 0 fully saturated rings. The van der Waals surface area contributed by atoms with E-state index in [4.69, 9.17) is 4.74 Å². The number of benzene rings is 2. The molecule has 5 heteroatoms. The number of carbonyl (C=O) groups is 1. The smallest absolute Gasteiger partial charge is 0.254 e. The van der Waals surface area contributed by atoms with E-state index in [2.05, 4.69) is 30.6 Å². The second-order valence-electron chi connectivity index (χ2n) is 8.87. The van der Waals surface area contributed by atoms with Crippen LogP contribution in [0.4, 0.5) is 0 Å². The van der Waals surface area contributed by atoms with Crippen LogP contribution >= 0.6 is 0 Å². The van der Waals surface area contributed by atoms with Crippen molar-refractivity contribution in [2.24, 2.45) is 0 Å². The highest BCUT2D eigenvalue weighted by Crippen LogP contribution is 2.28. The molecule has 4 rings (SSSR count). The van der Waals surface area contributed by atoms with Crippen molar-refractivity contribution in [2.45, 2.75) is 39.3 Å². The van der Waals surface area contributed by atoms with Gasteiger partial charge in [0.15, 0.2) is 0 Å². The maximum absolute atomic E-state index is 13.6. The number of rotatable bonds is 4. The molecule has 31 heavy (non-hydrogen) atoms. The molecule has 0 spiro atoms. The Labute approximate surface area is 184 Å². The third-order valence-corrected chi connectivity index (χ3v) is 5.60. The number of hydrogen-bond acceptors (Lipinski definition) is 3.